The number of esters is 1. The molecule has 2 saturated carbocycles. The summed E-state index contributed by atoms with van der Waals surface area (Å²) in [6.07, 6.45) is 11.9. The minimum atomic E-state index is -0.368. The molecule has 178 valence electrons. The second-order valence-corrected chi connectivity index (χ2v) is 11.4. The fraction of sp³-hybridized carbons (Fsp3) is 0.750. The zero-order valence-electron chi connectivity index (χ0n) is 20.8. The molecule has 1 aromatic heterocycles. The van der Waals surface area contributed by atoms with Crippen LogP contribution in [0, 0.1) is 28.6 Å². The van der Waals surface area contributed by atoms with Crippen molar-refractivity contribution in [1.29, 1.82) is 0 Å². The molecule has 0 bridgehead atoms. The molecule has 0 aromatic carbocycles. The lowest BCUT2D eigenvalue weighted by Gasteiger charge is -2.57. The Morgan fingerprint density at radius 3 is 2.72 bits per heavy atom. The van der Waals surface area contributed by atoms with Crippen molar-refractivity contribution in [2.75, 3.05) is 20.2 Å². The molecule has 4 rings (SSSR count). The van der Waals surface area contributed by atoms with Gasteiger partial charge in [-0.3, -0.25) is 9.69 Å². The summed E-state index contributed by atoms with van der Waals surface area (Å²) in [7, 11) is 1.54. The van der Waals surface area contributed by atoms with Gasteiger partial charge in [0.15, 0.2) is 0 Å². The Kier molecular flexibility index (Phi) is 6.91. The van der Waals surface area contributed by atoms with Crippen LogP contribution < -0.4 is 0 Å². The predicted molar refractivity (Wildman–Crippen MR) is 128 cm³/mol. The molecule has 2 aliphatic carbocycles. The van der Waals surface area contributed by atoms with Crippen molar-refractivity contribution in [2.24, 2.45) is 28.6 Å². The molecular formula is C28H43NO3. The SMILES string of the molecule is C=C1CC[C@@H]2[C@](C)(CCC[C@]2(C)C(=O)OC)[C@@H]1CCc1ccoc1CN1CCC(C)CC1. The number of carbonyl (C=O) groups is 1. The third-order valence-electron chi connectivity index (χ3n) is 9.45. The molecule has 2 heterocycles. The molecule has 0 spiro atoms. The van der Waals surface area contributed by atoms with Crippen LogP contribution in [0.1, 0.15) is 83.5 Å². The Bertz CT molecular complexity index is 820. The molecule has 4 atom stereocenters. The highest BCUT2D eigenvalue weighted by Crippen LogP contribution is 2.62. The highest BCUT2D eigenvalue weighted by Gasteiger charge is 2.57. The van der Waals surface area contributed by atoms with Crippen molar-refractivity contribution < 1.29 is 13.9 Å². The Morgan fingerprint density at radius 2 is 2.00 bits per heavy atom. The lowest BCUT2D eigenvalue weighted by molar-refractivity contribution is -0.168. The van der Waals surface area contributed by atoms with Gasteiger partial charge in [-0.2, -0.15) is 0 Å². The number of carbonyl (C=O) groups excluding carboxylic acids is 1. The Labute approximate surface area is 194 Å². The van der Waals surface area contributed by atoms with Crippen LogP contribution in [0.4, 0.5) is 0 Å². The number of piperidine rings is 1. The van der Waals surface area contributed by atoms with E-state index in [1.54, 1.807) is 7.11 Å². The summed E-state index contributed by atoms with van der Waals surface area (Å²) in [5.74, 6) is 2.79. The van der Waals surface area contributed by atoms with Crippen LogP contribution in [0.2, 0.25) is 0 Å². The van der Waals surface area contributed by atoms with Gasteiger partial charge < -0.3 is 9.15 Å². The van der Waals surface area contributed by atoms with Gasteiger partial charge in [-0.1, -0.05) is 32.4 Å². The maximum Gasteiger partial charge on any atom is 0.311 e. The first-order valence-corrected chi connectivity index (χ1v) is 12.8. The molecule has 4 nitrogen and oxygen atoms in total. The van der Waals surface area contributed by atoms with Gasteiger partial charge in [0.2, 0.25) is 0 Å². The van der Waals surface area contributed by atoms with E-state index in [0.29, 0.717) is 11.8 Å². The summed E-state index contributed by atoms with van der Waals surface area (Å²) in [5.41, 5.74) is 2.48. The van der Waals surface area contributed by atoms with Crippen LogP contribution in [-0.4, -0.2) is 31.1 Å². The van der Waals surface area contributed by atoms with E-state index in [1.807, 2.05) is 6.26 Å². The molecule has 0 amide bonds. The van der Waals surface area contributed by atoms with E-state index in [0.717, 1.165) is 56.7 Å². The Hall–Kier alpha value is -1.55. The Morgan fingerprint density at radius 1 is 1.25 bits per heavy atom. The van der Waals surface area contributed by atoms with E-state index in [2.05, 4.69) is 38.3 Å². The van der Waals surface area contributed by atoms with E-state index < -0.39 is 0 Å². The van der Waals surface area contributed by atoms with Crippen LogP contribution in [-0.2, 0) is 22.5 Å². The first-order valence-electron chi connectivity index (χ1n) is 12.8. The van der Waals surface area contributed by atoms with Crippen molar-refractivity contribution in [1.82, 2.24) is 4.90 Å². The van der Waals surface area contributed by atoms with E-state index in [-0.39, 0.29) is 16.8 Å². The first kappa shape index (κ1) is 23.6. The second-order valence-electron chi connectivity index (χ2n) is 11.4. The number of aryl methyl sites for hydroxylation is 1. The molecular weight excluding hydrogens is 398 g/mol. The number of methoxy groups -OCH3 is 1. The van der Waals surface area contributed by atoms with Crippen LogP contribution >= 0.6 is 0 Å². The summed E-state index contributed by atoms with van der Waals surface area (Å²) in [4.78, 5) is 15.4. The average Bonchev–Trinajstić information content (AvgIpc) is 3.21. The summed E-state index contributed by atoms with van der Waals surface area (Å²) >= 11 is 0. The fourth-order valence-electron chi connectivity index (χ4n) is 7.41. The predicted octanol–water partition coefficient (Wildman–Crippen LogP) is 6.40. The minimum Gasteiger partial charge on any atom is -0.469 e. The van der Waals surface area contributed by atoms with Gasteiger partial charge >= 0.3 is 5.97 Å². The third kappa shape index (κ3) is 4.32. The van der Waals surface area contributed by atoms with Crippen molar-refractivity contribution >= 4 is 5.97 Å². The molecule has 3 aliphatic rings. The van der Waals surface area contributed by atoms with E-state index in [9.17, 15) is 4.79 Å². The number of hydrogen-bond acceptors (Lipinski definition) is 4. The molecule has 0 N–H and O–H groups in total. The van der Waals surface area contributed by atoms with E-state index >= 15 is 0 Å². The maximum absolute atomic E-state index is 12.8. The number of allylic oxidation sites excluding steroid dienone is 1. The normalized spacial score (nSPS) is 34.3. The lowest BCUT2D eigenvalue weighted by atomic mass is 9.46. The topological polar surface area (TPSA) is 42.7 Å². The van der Waals surface area contributed by atoms with Gasteiger partial charge in [-0.25, -0.2) is 0 Å². The van der Waals surface area contributed by atoms with Gasteiger partial charge in [-0.05, 0) is 106 Å². The van der Waals surface area contributed by atoms with Crippen molar-refractivity contribution in [3.05, 3.63) is 35.8 Å². The van der Waals surface area contributed by atoms with Gasteiger partial charge in [0.1, 0.15) is 5.76 Å². The molecule has 1 saturated heterocycles. The number of rotatable bonds is 6. The Balaban J connectivity index is 1.47. The molecule has 1 aliphatic heterocycles. The van der Waals surface area contributed by atoms with Gasteiger partial charge in [-0.15, -0.1) is 0 Å². The lowest BCUT2D eigenvalue weighted by Crippen LogP contribution is -2.53. The summed E-state index contributed by atoms with van der Waals surface area (Å²) in [6.45, 7) is 14.7. The van der Waals surface area contributed by atoms with Crippen molar-refractivity contribution in [3.8, 4) is 0 Å². The van der Waals surface area contributed by atoms with E-state index in [4.69, 9.17) is 9.15 Å². The van der Waals surface area contributed by atoms with Crippen molar-refractivity contribution in [2.45, 2.75) is 85.1 Å². The van der Waals surface area contributed by atoms with Gasteiger partial charge in [0, 0.05) is 0 Å². The number of ether oxygens (including phenoxy) is 1. The molecule has 0 radical (unpaired) electrons. The highest BCUT2D eigenvalue weighted by molar-refractivity contribution is 5.77. The van der Waals surface area contributed by atoms with Crippen LogP contribution in [0.5, 0.6) is 0 Å². The van der Waals surface area contributed by atoms with Gasteiger partial charge in [0.05, 0.1) is 25.3 Å². The maximum atomic E-state index is 12.8. The summed E-state index contributed by atoms with van der Waals surface area (Å²) in [5, 5.41) is 0. The average molecular weight is 442 g/mol. The van der Waals surface area contributed by atoms with Gasteiger partial charge in [0.25, 0.3) is 0 Å². The highest BCUT2D eigenvalue weighted by atomic mass is 16.5. The molecule has 32 heavy (non-hydrogen) atoms. The van der Waals surface area contributed by atoms with Crippen LogP contribution in [0.15, 0.2) is 28.9 Å². The third-order valence-corrected chi connectivity index (χ3v) is 9.45. The smallest absolute Gasteiger partial charge is 0.311 e. The molecule has 1 aromatic rings. The number of likely N-dealkylation sites (tertiary alicyclic amines) is 1. The monoisotopic (exact) mass is 441 g/mol. The number of hydrogen-bond donors (Lipinski definition) is 0. The van der Waals surface area contributed by atoms with Crippen molar-refractivity contribution in [3.63, 3.8) is 0 Å². The number of nitrogens with zero attached hydrogens (tertiary/aromatic N) is 1. The minimum absolute atomic E-state index is 0.0207. The largest absolute Gasteiger partial charge is 0.469 e. The van der Waals surface area contributed by atoms with E-state index in [1.165, 1.54) is 43.5 Å². The van der Waals surface area contributed by atoms with Crippen LogP contribution in [0.25, 0.3) is 0 Å². The second kappa shape index (κ2) is 9.37. The number of furan rings is 1. The zero-order valence-corrected chi connectivity index (χ0v) is 20.8. The zero-order chi connectivity index (χ0) is 22.9. The summed E-state index contributed by atoms with van der Waals surface area (Å²) in [6, 6.07) is 2.17. The quantitative estimate of drug-likeness (QED) is 0.379. The first-order chi connectivity index (χ1) is 15.3. The van der Waals surface area contributed by atoms with Crippen LogP contribution in [0.3, 0.4) is 0 Å². The standard InChI is InChI=1S/C28H43NO3/c1-20-11-16-29(17-12-20)19-24-22(13-18-32-24)8-9-23-21(2)7-10-25-27(23,3)14-6-15-28(25,4)26(30)31-5/h13,18,20,23,25H,2,6-12,14-17,19H2,1,3-5H3/t23-,25-,27-,28+/m1/s1. The molecule has 4 heteroatoms. The molecule has 0 unspecified atom stereocenters. The molecule has 3 fully saturated rings. The summed E-state index contributed by atoms with van der Waals surface area (Å²) < 4.78 is 11.2. The number of fused-ring (bicyclic) bond motifs is 1. The fourth-order valence-corrected chi connectivity index (χ4v) is 7.41.